The van der Waals surface area contributed by atoms with Crippen molar-refractivity contribution in [1.82, 2.24) is 29.9 Å². The van der Waals surface area contributed by atoms with E-state index in [-0.39, 0.29) is 22.1 Å². The molecule has 0 bridgehead atoms. The minimum Gasteiger partial charge on any atom is -0.247 e. The molecule has 3 aromatic carbocycles. The second kappa shape index (κ2) is 8.90. The molecule has 12 heteroatoms. The molecule has 0 amide bonds. The van der Waals surface area contributed by atoms with Crippen molar-refractivity contribution in [2.24, 2.45) is 0 Å². The number of fused-ring (bicyclic) bond motifs is 6. The average Bonchev–Trinajstić information content (AvgIpc) is 2.93. The maximum atomic E-state index is 13.9. The van der Waals surface area contributed by atoms with E-state index in [9.17, 15) is 26.3 Å². The van der Waals surface area contributed by atoms with Gasteiger partial charge < -0.3 is 0 Å². The van der Waals surface area contributed by atoms with Crippen LogP contribution in [-0.2, 0) is 12.4 Å². The van der Waals surface area contributed by atoms with E-state index >= 15 is 0 Å². The second-order valence-corrected chi connectivity index (χ2v) is 9.06. The monoisotopic (exact) mass is 550 g/mol. The molecule has 3 heterocycles. The van der Waals surface area contributed by atoms with Crippen molar-refractivity contribution in [2.75, 3.05) is 0 Å². The first-order valence-corrected chi connectivity index (χ1v) is 11.9. The summed E-state index contributed by atoms with van der Waals surface area (Å²) in [6.07, 6.45) is -10.9. The van der Waals surface area contributed by atoms with Crippen molar-refractivity contribution in [3.05, 3.63) is 83.4 Å². The lowest BCUT2D eigenvalue weighted by molar-refractivity contribution is -0.167. The van der Waals surface area contributed by atoms with Crippen LogP contribution in [0.5, 0.6) is 0 Å². The Morgan fingerprint density at radius 3 is 1.05 bits per heavy atom. The summed E-state index contributed by atoms with van der Waals surface area (Å²) in [7, 11) is 0. The van der Waals surface area contributed by atoms with E-state index in [1.807, 2.05) is 6.07 Å². The highest BCUT2D eigenvalue weighted by Gasteiger charge is 2.47. The molecule has 0 spiro atoms. The lowest BCUT2D eigenvalue weighted by atomic mass is 10.0. The van der Waals surface area contributed by atoms with Gasteiger partial charge in [-0.2, -0.15) is 26.3 Å². The predicted molar refractivity (Wildman–Crippen MR) is 136 cm³/mol. The summed E-state index contributed by atoms with van der Waals surface area (Å²) in [5.41, 5.74) is -2.81. The zero-order valence-corrected chi connectivity index (χ0v) is 20.7. The van der Waals surface area contributed by atoms with Gasteiger partial charge in [0.2, 0.25) is 0 Å². The van der Waals surface area contributed by atoms with Gasteiger partial charge in [-0.25, -0.2) is 29.9 Å². The Balaban J connectivity index is 1.87. The van der Waals surface area contributed by atoms with E-state index in [2.05, 4.69) is 24.9 Å². The molecule has 3 aromatic heterocycles. The predicted octanol–water partition coefficient (Wildman–Crippen LogP) is 7.50. The highest BCUT2D eigenvalue weighted by Crippen LogP contribution is 2.42. The van der Waals surface area contributed by atoms with Crippen LogP contribution in [0.3, 0.4) is 0 Å². The van der Waals surface area contributed by atoms with E-state index in [1.165, 1.54) is 0 Å². The minimum absolute atomic E-state index is 0.0406. The van der Waals surface area contributed by atoms with Crippen molar-refractivity contribution >= 4 is 33.1 Å². The average molecular weight is 550 g/mol. The summed E-state index contributed by atoms with van der Waals surface area (Å²) in [6, 6.07) is 17.8. The Bertz CT molecular complexity index is 1940. The van der Waals surface area contributed by atoms with Crippen molar-refractivity contribution in [3.63, 3.8) is 0 Å². The third-order valence-electron chi connectivity index (χ3n) is 6.40. The zero-order valence-electron chi connectivity index (χ0n) is 20.7. The first-order valence-electron chi connectivity index (χ1n) is 11.9. The van der Waals surface area contributed by atoms with Crippen molar-refractivity contribution in [1.29, 1.82) is 0 Å². The van der Waals surface area contributed by atoms with Crippen LogP contribution >= 0.6 is 0 Å². The van der Waals surface area contributed by atoms with Crippen LogP contribution in [0.4, 0.5) is 26.3 Å². The third-order valence-corrected chi connectivity index (χ3v) is 6.40. The molecule has 6 aromatic rings. The number of benzene rings is 3. The largest absolute Gasteiger partial charge is 0.435 e. The summed E-state index contributed by atoms with van der Waals surface area (Å²) < 4.78 is 83.2. The summed E-state index contributed by atoms with van der Waals surface area (Å²) in [6.45, 7) is 3.24. The van der Waals surface area contributed by atoms with Gasteiger partial charge in [0.05, 0.1) is 22.8 Å². The number of hydrogen-bond donors (Lipinski definition) is 0. The second-order valence-electron chi connectivity index (χ2n) is 9.06. The van der Waals surface area contributed by atoms with E-state index in [4.69, 9.17) is 4.98 Å². The molecule has 0 aliphatic carbocycles. The molecular weight excluding hydrogens is 534 g/mol. The van der Waals surface area contributed by atoms with Crippen LogP contribution in [0, 0.1) is 13.8 Å². The molecule has 0 N–H and O–H groups in total. The molecule has 40 heavy (non-hydrogen) atoms. The Morgan fingerprint density at radius 2 is 0.725 bits per heavy atom. The van der Waals surface area contributed by atoms with Gasteiger partial charge in [-0.05, 0) is 13.8 Å². The smallest absolute Gasteiger partial charge is 0.247 e. The molecule has 6 nitrogen and oxygen atoms in total. The summed E-state index contributed by atoms with van der Waals surface area (Å²) in [5.74, 6) is 0. The number of aryl methyl sites for hydroxylation is 2. The van der Waals surface area contributed by atoms with Crippen molar-refractivity contribution < 1.29 is 26.3 Å². The quantitative estimate of drug-likeness (QED) is 0.164. The SMILES string of the molecule is Cc1nc2c(nc1C)c1nc(C(F)(F)F)c(C(F)(F)F)nc1c1nc(-c3ccccc3)c(-c3ccccc3)nc21. The summed E-state index contributed by atoms with van der Waals surface area (Å²) in [5, 5.41) is 0. The third kappa shape index (κ3) is 4.16. The van der Waals surface area contributed by atoms with Crippen LogP contribution in [-0.4, -0.2) is 29.9 Å². The van der Waals surface area contributed by atoms with Crippen LogP contribution in [0.1, 0.15) is 22.8 Å². The molecule has 0 radical (unpaired) electrons. The van der Waals surface area contributed by atoms with Gasteiger partial charge in [-0.15, -0.1) is 0 Å². The minimum atomic E-state index is -5.44. The fraction of sp³-hybridized carbons (Fsp3) is 0.143. The van der Waals surface area contributed by atoms with Gasteiger partial charge in [0.25, 0.3) is 0 Å². The molecule has 0 atom stereocenters. The Hall–Kier alpha value is -4.74. The summed E-state index contributed by atoms with van der Waals surface area (Å²) in [4.78, 5) is 25.3. The molecule has 6 rings (SSSR count). The Kier molecular flexibility index (Phi) is 5.68. The van der Waals surface area contributed by atoms with Crippen molar-refractivity contribution in [2.45, 2.75) is 26.2 Å². The fourth-order valence-corrected chi connectivity index (χ4v) is 4.45. The number of halogens is 6. The molecule has 200 valence electrons. The van der Waals surface area contributed by atoms with E-state index in [0.717, 1.165) is 0 Å². The molecular formula is C28H16F6N6. The maximum Gasteiger partial charge on any atom is 0.435 e. The highest BCUT2D eigenvalue weighted by molar-refractivity contribution is 6.18. The normalized spacial score (nSPS) is 12.5. The first kappa shape index (κ1) is 25.5. The Morgan fingerprint density at radius 1 is 0.425 bits per heavy atom. The number of nitrogens with zero attached hydrogens (tertiary/aromatic N) is 6. The van der Waals surface area contributed by atoms with Crippen molar-refractivity contribution in [3.8, 4) is 22.5 Å². The molecule has 0 aliphatic heterocycles. The molecule has 0 saturated heterocycles. The van der Waals surface area contributed by atoms with Crippen LogP contribution in [0.25, 0.3) is 55.6 Å². The lowest BCUT2D eigenvalue weighted by Gasteiger charge is -2.17. The van der Waals surface area contributed by atoms with Gasteiger partial charge in [-0.1, -0.05) is 60.7 Å². The Labute approximate surface area is 221 Å². The van der Waals surface area contributed by atoms with Crippen LogP contribution in [0.15, 0.2) is 60.7 Å². The topological polar surface area (TPSA) is 77.3 Å². The van der Waals surface area contributed by atoms with Gasteiger partial charge in [0.1, 0.15) is 33.1 Å². The van der Waals surface area contributed by atoms with E-state index in [0.29, 0.717) is 33.9 Å². The fourth-order valence-electron chi connectivity index (χ4n) is 4.45. The van der Waals surface area contributed by atoms with E-state index in [1.54, 1.807) is 68.4 Å². The summed E-state index contributed by atoms with van der Waals surface area (Å²) >= 11 is 0. The molecule has 0 saturated carbocycles. The van der Waals surface area contributed by atoms with Crippen LogP contribution < -0.4 is 0 Å². The maximum absolute atomic E-state index is 13.9. The van der Waals surface area contributed by atoms with Gasteiger partial charge in [-0.3, -0.25) is 0 Å². The zero-order chi connectivity index (χ0) is 28.4. The highest BCUT2D eigenvalue weighted by atomic mass is 19.4. The number of alkyl halides is 6. The first-order chi connectivity index (χ1) is 18.9. The lowest BCUT2D eigenvalue weighted by Crippen LogP contribution is -2.21. The number of rotatable bonds is 2. The molecule has 0 fully saturated rings. The number of hydrogen-bond acceptors (Lipinski definition) is 6. The van der Waals surface area contributed by atoms with E-state index < -0.39 is 34.8 Å². The van der Waals surface area contributed by atoms with Gasteiger partial charge >= 0.3 is 12.4 Å². The van der Waals surface area contributed by atoms with Crippen LogP contribution in [0.2, 0.25) is 0 Å². The van der Waals surface area contributed by atoms with Gasteiger partial charge in [0, 0.05) is 11.1 Å². The standard InChI is InChI=1S/C28H16F6N6/c1-13-14(2)36-20-19(35-13)21-22(24-23(20)39-25(27(29,30)31)26(40-24)28(32,33)34)38-18(16-11-7-4-8-12-16)17(37-21)15-9-5-3-6-10-15/h3-12H,1-2H3. The molecule has 0 unspecified atom stereocenters. The molecule has 0 aliphatic rings. The van der Waals surface area contributed by atoms with Gasteiger partial charge in [0.15, 0.2) is 11.4 Å². The number of aromatic nitrogens is 6.